The third-order valence-electron chi connectivity index (χ3n) is 2.89. The molecule has 0 spiro atoms. The molecule has 0 saturated heterocycles. The summed E-state index contributed by atoms with van der Waals surface area (Å²) in [6.07, 6.45) is 0.284. The van der Waals surface area contributed by atoms with Gasteiger partial charge in [0.25, 0.3) is 0 Å². The van der Waals surface area contributed by atoms with E-state index in [1.807, 2.05) is 0 Å². The quantitative estimate of drug-likeness (QED) is 0.613. The van der Waals surface area contributed by atoms with Crippen LogP contribution in [0.25, 0.3) is 0 Å². The van der Waals surface area contributed by atoms with Gasteiger partial charge < -0.3 is 14.9 Å². The number of benzene rings is 1. The molecule has 0 aromatic heterocycles. The van der Waals surface area contributed by atoms with Gasteiger partial charge in [0.15, 0.2) is 5.78 Å². The lowest BCUT2D eigenvalue weighted by molar-refractivity contribution is 0.101. The van der Waals surface area contributed by atoms with Crippen LogP contribution in [0.4, 0.5) is 0 Å². The standard InChI is InChI=1S/C13H14O4/c1-7(6-14)12-4-9-3-10(8(2)15)11(16)5-13(9)17-12/h3,5,12,14,16H,1,4,6H2,2H3/t12-/m1/s1. The number of aliphatic hydroxyl groups excluding tert-OH is 1. The maximum Gasteiger partial charge on any atom is 0.163 e. The van der Waals surface area contributed by atoms with Gasteiger partial charge in [0.2, 0.25) is 0 Å². The van der Waals surface area contributed by atoms with E-state index in [1.165, 1.54) is 13.0 Å². The van der Waals surface area contributed by atoms with E-state index in [0.29, 0.717) is 23.3 Å². The molecular formula is C13H14O4. The van der Waals surface area contributed by atoms with Gasteiger partial charge in [-0.2, -0.15) is 0 Å². The average molecular weight is 234 g/mol. The molecule has 0 bridgehead atoms. The molecule has 1 atom stereocenters. The van der Waals surface area contributed by atoms with Crippen molar-refractivity contribution in [2.75, 3.05) is 6.61 Å². The van der Waals surface area contributed by atoms with Crippen molar-refractivity contribution in [1.82, 2.24) is 0 Å². The highest BCUT2D eigenvalue weighted by molar-refractivity contribution is 5.97. The molecule has 0 saturated carbocycles. The predicted molar refractivity (Wildman–Crippen MR) is 62.5 cm³/mol. The van der Waals surface area contributed by atoms with Crippen molar-refractivity contribution in [3.05, 3.63) is 35.4 Å². The summed E-state index contributed by atoms with van der Waals surface area (Å²) in [5, 5.41) is 18.6. The highest BCUT2D eigenvalue weighted by atomic mass is 16.5. The second-order valence-corrected chi connectivity index (χ2v) is 4.16. The van der Waals surface area contributed by atoms with Crippen LogP contribution < -0.4 is 4.74 Å². The molecule has 0 amide bonds. The lowest BCUT2D eigenvalue weighted by atomic mass is 10.0. The van der Waals surface area contributed by atoms with Crippen molar-refractivity contribution in [3.8, 4) is 11.5 Å². The van der Waals surface area contributed by atoms with Crippen LogP contribution >= 0.6 is 0 Å². The van der Waals surface area contributed by atoms with Crippen LogP contribution in [0.15, 0.2) is 24.3 Å². The molecule has 90 valence electrons. The van der Waals surface area contributed by atoms with Gasteiger partial charge in [-0.3, -0.25) is 4.79 Å². The van der Waals surface area contributed by atoms with E-state index >= 15 is 0 Å². The summed E-state index contributed by atoms with van der Waals surface area (Å²) in [4.78, 5) is 11.3. The molecule has 4 heteroatoms. The summed E-state index contributed by atoms with van der Waals surface area (Å²) in [6.45, 7) is 4.98. The van der Waals surface area contributed by atoms with Crippen LogP contribution in [0.5, 0.6) is 11.5 Å². The molecule has 2 rings (SSSR count). The zero-order chi connectivity index (χ0) is 12.6. The fourth-order valence-corrected chi connectivity index (χ4v) is 1.89. The van der Waals surface area contributed by atoms with E-state index in [-0.39, 0.29) is 24.2 Å². The average Bonchev–Trinajstić information content (AvgIpc) is 2.69. The Labute approximate surface area is 99.2 Å². The van der Waals surface area contributed by atoms with E-state index in [4.69, 9.17) is 9.84 Å². The maximum absolute atomic E-state index is 11.3. The lowest BCUT2D eigenvalue weighted by Gasteiger charge is -2.11. The molecule has 0 radical (unpaired) electrons. The first kappa shape index (κ1) is 11.7. The molecule has 1 aliphatic heterocycles. The first-order chi connectivity index (χ1) is 8.02. The number of ether oxygens (including phenoxy) is 1. The number of hydrogen-bond acceptors (Lipinski definition) is 4. The summed E-state index contributed by atoms with van der Waals surface area (Å²) in [5.74, 6) is 0.286. The molecular weight excluding hydrogens is 220 g/mol. The van der Waals surface area contributed by atoms with E-state index in [1.54, 1.807) is 6.07 Å². The monoisotopic (exact) mass is 234 g/mol. The Hall–Kier alpha value is -1.81. The van der Waals surface area contributed by atoms with Crippen molar-refractivity contribution in [3.63, 3.8) is 0 Å². The van der Waals surface area contributed by atoms with Crippen molar-refractivity contribution in [1.29, 1.82) is 0 Å². The van der Waals surface area contributed by atoms with Gasteiger partial charge in [-0.25, -0.2) is 0 Å². The normalized spacial score (nSPS) is 17.4. The number of carbonyl (C=O) groups is 1. The Bertz CT molecular complexity index is 490. The number of aliphatic hydroxyl groups is 1. The molecule has 1 aliphatic rings. The molecule has 2 N–H and O–H groups in total. The molecule has 0 aliphatic carbocycles. The lowest BCUT2D eigenvalue weighted by Crippen LogP contribution is -2.17. The van der Waals surface area contributed by atoms with Crippen LogP contribution in [0.3, 0.4) is 0 Å². The van der Waals surface area contributed by atoms with Gasteiger partial charge in [0.05, 0.1) is 12.2 Å². The minimum atomic E-state index is -0.281. The fourth-order valence-electron chi connectivity index (χ4n) is 1.89. The van der Waals surface area contributed by atoms with Gasteiger partial charge in [0, 0.05) is 12.5 Å². The first-order valence-electron chi connectivity index (χ1n) is 5.35. The molecule has 1 aromatic rings. The third kappa shape index (κ3) is 2.03. The minimum Gasteiger partial charge on any atom is -0.507 e. The fraction of sp³-hybridized carbons (Fsp3) is 0.308. The van der Waals surface area contributed by atoms with Crippen LogP contribution in [0, 0.1) is 0 Å². The van der Waals surface area contributed by atoms with E-state index in [0.717, 1.165) is 5.56 Å². The maximum atomic E-state index is 11.3. The van der Waals surface area contributed by atoms with E-state index < -0.39 is 0 Å². The Balaban J connectivity index is 2.33. The summed E-state index contributed by atoms with van der Waals surface area (Å²) >= 11 is 0. The summed E-state index contributed by atoms with van der Waals surface area (Å²) in [6, 6.07) is 3.08. The van der Waals surface area contributed by atoms with Crippen LogP contribution in [0.1, 0.15) is 22.8 Å². The number of rotatable bonds is 3. The minimum absolute atomic E-state index is 0.0773. The number of phenolic OH excluding ortho intramolecular Hbond substituents is 1. The Morgan fingerprint density at radius 1 is 1.59 bits per heavy atom. The largest absolute Gasteiger partial charge is 0.507 e. The van der Waals surface area contributed by atoms with Crippen molar-refractivity contribution >= 4 is 5.78 Å². The molecule has 1 heterocycles. The van der Waals surface area contributed by atoms with Crippen LogP contribution in [-0.4, -0.2) is 28.7 Å². The van der Waals surface area contributed by atoms with Gasteiger partial charge in [-0.15, -0.1) is 0 Å². The smallest absolute Gasteiger partial charge is 0.163 e. The zero-order valence-electron chi connectivity index (χ0n) is 9.56. The van der Waals surface area contributed by atoms with Crippen molar-refractivity contribution < 1.29 is 19.7 Å². The van der Waals surface area contributed by atoms with Crippen LogP contribution in [-0.2, 0) is 6.42 Å². The second-order valence-electron chi connectivity index (χ2n) is 4.16. The van der Waals surface area contributed by atoms with Gasteiger partial charge in [-0.05, 0) is 24.1 Å². The summed E-state index contributed by atoms with van der Waals surface area (Å²) < 4.78 is 5.54. The second kappa shape index (κ2) is 4.22. The molecule has 0 unspecified atom stereocenters. The predicted octanol–water partition coefficient (Wildman–Crippen LogP) is 1.45. The van der Waals surface area contributed by atoms with Crippen molar-refractivity contribution in [2.24, 2.45) is 0 Å². The molecule has 0 fully saturated rings. The number of phenols is 1. The number of hydrogen-bond donors (Lipinski definition) is 2. The van der Waals surface area contributed by atoms with E-state index in [9.17, 15) is 9.90 Å². The Kier molecular flexibility index (Phi) is 2.90. The SMILES string of the molecule is C=C(CO)[C@H]1Cc2cc(C(C)=O)c(O)cc2O1. The van der Waals surface area contributed by atoms with E-state index in [2.05, 4.69) is 6.58 Å². The van der Waals surface area contributed by atoms with Crippen molar-refractivity contribution in [2.45, 2.75) is 19.4 Å². The van der Waals surface area contributed by atoms with Gasteiger partial charge in [0.1, 0.15) is 17.6 Å². The zero-order valence-corrected chi connectivity index (χ0v) is 9.56. The topological polar surface area (TPSA) is 66.8 Å². The first-order valence-corrected chi connectivity index (χ1v) is 5.35. The Morgan fingerprint density at radius 3 is 2.88 bits per heavy atom. The Morgan fingerprint density at radius 2 is 2.29 bits per heavy atom. The number of carbonyl (C=O) groups excluding carboxylic acids is 1. The number of ketones is 1. The highest BCUT2D eigenvalue weighted by Gasteiger charge is 2.26. The molecule has 4 nitrogen and oxygen atoms in total. The third-order valence-corrected chi connectivity index (χ3v) is 2.89. The number of Topliss-reactive ketones (excluding diaryl/α,β-unsaturated/α-hetero) is 1. The van der Waals surface area contributed by atoms with Crippen LogP contribution in [0.2, 0.25) is 0 Å². The summed E-state index contributed by atoms with van der Waals surface area (Å²) in [7, 11) is 0. The number of aromatic hydroxyl groups is 1. The van der Waals surface area contributed by atoms with Gasteiger partial charge >= 0.3 is 0 Å². The summed E-state index contributed by atoms with van der Waals surface area (Å²) in [5.41, 5.74) is 1.74. The highest BCUT2D eigenvalue weighted by Crippen LogP contribution is 2.36. The number of fused-ring (bicyclic) bond motifs is 1. The van der Waals surface area contributed by atoms with Gasteiger partial charge in [-0.1, -0.05) is 6.58 Å². The molecule has 1 aromatic carbocycles. The molecule has 17 heavy (non-hydrogen) atoms.